The van der Waals surface area contributed by atoms with Crippen molar-refractivity contribution in [1.82, 2.24) is 4.90 Å². The van der Waals surface area contributed by atoms with Gasteiger partial charge in [0.25, 0.3) is 0 Å². The van der Waals surface area contributed by atoms with Crippen LogP contribution in [-0.4, -0.2) is 54.4 Å². The highest BCUT2D eigenvalue weighted by Gasteiger charge is 2.10. The van der Waals surface area contributed by atoms with Crippen LogP contribution in [0.25, 0.3) is 12.2 Å². The van der Waals surface area contributed by atoms with Crippen LogP contribution in [0.1, 0.15) is 17.7 Å². The largest absolute Gasteiger partial charge is 0.507 e. The van der Waals surface area contributed by atoms with Crippen LogP contribution in [-0.2, 0) is 6.54 Å². The number of aromatic nitrogens is 1. The van der Waals surface area contributed by atoms with Crippen molar-refractivity contribution in [3.63, 3.8) is 0 Å². The number of benzene rings is 1. The second kappa shape index (κ2) is 10.8. The van der Waals surface area contributed by atoms with Crippen molar-refractivity contribution < 1.29 is 19.5 Å². The Morgan fingerprint density at radius 1 is 1.15 bits per heavy atom. The standard InChI is InChI=1S/C21H28N2O3S/c1-22(13-14-27-3)10-6-12-23-11-5-4-7-18(23)9-8-17-15-21(26-2)20(25)16-19(17)24/h4-5,7-9,11,15-16H,6,10,12-14H2,1-3H3,(H,24,25)/p+1. The van der Waals surface area contributed by atoms with Gasteiger partial charge in [-0.2, -0.15) is 16.3 Å². The van der Waals surface area contributed by atoms with E-state index in [9.17, 15) is 10.2 Å². The molecule has 0 unspecified atom stereocenters. The van der Waals surface area contributed by atoms with Crippen molar-refractivity contribution in [1.29, 1.82) is 0 Å². The van der Waals surface area contributed by atoms with Gasteiger partial charge in [0.15, 0.2) is 17.7 Å². The van der Waals surface area contributed by atoms with Gasteiger partial charge in [0, 0.05) is 55.1 Å². The summed E-state index contributed by atoms with van der Waals surface area (Å²) >= 11 is 1.87. The smallest absolute Gasteiger partial charge is 0.205 e. The molecule has 0 aliphatic heterocycles. The number of thioether (sulfide) groups is 1. The van der Waals surface area contributed by atoms with Gasteiger partial charge in [-0.3, -0.25) is 0 Å². The van der Waals surface area contributed by atoms with Gasteiger partial charge in [0.05, 0.1) is 7.11 Å². The number of hydrogen-bond donors (Lipinski definition) is 2. The molecule has 0 bridgehead atoms. The van der Waals surface area contributed by atoms with Crippen molar-refractivity contribution >= 4 is 23.9 Å². The summed E-state index contributed by atoms with van der Waals surface area (Å²) in [7, 11) is 3.65. The maximum absolute atomic E-state index is 10.1. The minimum Gasteiger partial charge on any atom is -0.507 e. The first kappa shape index (κ1) is 21.1. The summed E-state index contributed by atoms with van der Waals surface area (Å²) in [5.74, 6) is 1.43. The molecule has 0 radical (unpaired) electrons. The van der Waals surface area contributed by atoms with Crippen LogP contribution in [0.5, 0.6) is 17.2 Å². The van der Waals surface area contributed by atoms with Crippen LogP contribution in [0.3, 0.4) is 0 Å². The fourth-order valence-corrected chi connectivity index (χ4v) is 3.25. The van der Waals surface area contributed by atoms with Crippen molar-refractivity contribution in [2.75, 3.05) is 39.3 Å². The van der Waals surface area contributed by atoms with E-state index in [2.05, 4.69) is 29.0 Å². The van der Waals surface area contributed by atoms with E-state index in [1.807, 2.05) is 42.1 Å². The lowest BCUT2D eigenvalue weighted by molar-refractivity contribution is -0.698. The van der Waals surface area contributed by atoms with E-state index < -0.39 is 0 Å². The molecule has 0 fully saturated rings. The maximum atomic E-state index is 10.1. The zero-order valence-electron chi connectivity index (χ0n) is 16.3. The van der Waals surface area contributed by atoms with Crippen LogP contribution in [0.4, 0.5) is 0 Å². The number of aromatic hydroxyl groups is 2. The monoisotopic (exact) mass is 389 g/mol. The van der Waals surface area contributed by atoms with Crippen molar-refractivity contribution in [2.24, 2.45) is 0 Å². The fraction of sp³-hybridized carbons (Fsp3) is 0.381. The Kier molecular flexibility index (Phi) is 8.48. The lowest BCUT2D eigenvalue weighted by atomic mass is 10.1. The summed E-state index contributed by atoms with van der Waals surface area (Å²) in [6.07, 6.45) is 9.06. The number of hydrogen-bond acceptors (Lipinski definition) is 5. The average molecular weight is 390 g/mol. The third kappa shape index (κ3) is 6.48. The molecule has 2 N–H and O–H groups in total. The second-order valence-electron chi connectivity index (χ2n) is 6.38. The molecule has 0 aliphatic carbocycles. The molecular weight excluding hydrogens is 360 g/mol. The Bertz CT molecular complexity index is 765. The van der Waals surface area contributed by atoms with Crippen molar-refractivity contribution in [3.05, 3.63) is 47.8 Å². The van der Waals surface area contributed by atoms with Crippen LogP contribution in [0.15, 0.2) is 36.5 Å². The minimum atomic E-state index is -0.0764. The van der Waals surface area contributed by atoms with Crippen molar-refractivity contribution in [2.45, 2.75) is 13.0 Å². The van der Waals surface area contributed by atoms with E-state index in [4.69, 9.17) is 4.74 Å². The molecule has 1 heterocycles. The summed E-state index contributed by atoms with van der Waals surface area (Å²) in [6, 6.07) is 8.98. The van der Waals surface area contributed by atoms with Gasteiger partial charge in [-0.05, 0) is 31.5 Å². The molecular formula is C21H29N2O3S+. The number of methoxy groups -OCH3 is 1. The third-order valence-electron chi connectivity index (χ3n) is 4.35. The molecule has 1 aromatic carbocycles. The summed E-state index contributed by atoms with van der Waals surface area (Å²) in [5, 5.41) is 19.8. The normalized spacial score (nSPS) is 11.4. The maximum Gasteiger partial charge on any atom is 0.205 e. The Hall–Kier alpha value is -2.18. The topological polar surface area (TPSA) is 56.8 Å². The molecule has 2 aromatic rings. The van der Waals surface area contributed by atoms with E-state index in [-0.39, 0.29) is 11.5 Å². The number of nitrogens with zero attached hydrogens (tertiary/aromatic N) is 2. The molecule has 6 heteroatoms. The first-order chi connectivity index (χ1) is 13.0. The summed E-state index contributed by atoms with van der Waals surface area (Å²) in [5.41, 5.74) is 1.65. The highest BCUT2D eigenvalue weighted by molar-refractivity contribution is 7.98. The van der Waals surface area contributed by atoms with Gasteiger partial charge >= 0.3 is 0 Å². The zero-order valence-corrected chi connectivity index (χ0v) is 17.1. The van der Waals surface area contributed by atoms with E-state index in [1.54, 1.807) is 6.07 Å². The summed E-state index contributed by atoms with van der Waals surface area (Å²) in [6.45, 7) is 3.09. The van der Waals surface area contributed by atoms with Crippen LogP contribution >= 0.6 is 11.8 Å². The Balaban J connectivity index is 2.06. The number of ether oxygens (including phenoxy) is 1. The molecule has 0 saturated carbocycles. The molecule has 5 nitrogen and oxygen atoms in total. The predicted octanol–water partition coefficient (Wildman–Crippen LogP) is 3.25. The van der Waals surface area contributed by atoms with E-state index in [1.165, 1.54) is 13.2 Å². The quantitative estimate of drug-likeness (QED) is 0.611. The Morgan fingerprint density at radius 3 is 2.70 bits per heavy atom. The average Bonchev–Trinajstić information content (AvgIpc) is 2.66. The van der Waals surface area contributed by atoms with E-state index in [0.717, 1.165) is 37.5 Å². The van der Waals surface area contributed by atoms with Crippen LogP contribution < -0.4 is 9.30 Å². The first-order valence-electron chi connectivity index (χ1n) is 8.99. The Morgan fingerprint density at radius 2 is 1.96 bits per heavy atom. The van der Waals surface area contributed by atoms with Gasteiger partial charge in [0.2, 0.25) is 5.69 Å². The van der Waals surface area contributed by atoms with Gasteiger partial charge in [-0.25, -0.2) is 0 Å². The zero-order chi connectivity index (χ0) is 19.6. The molecule has 0 atom stereocenters. The number of aryl methyl sites for hydroxylation is 1. The second-order valence-corrected chi connectivity index (χ2v) is 7.37. The molecule has 2 rings (SSSR count). The van der Waals surface area contributed by atoms with Crippen molar-refractivity contribution in [3.8, 4) is 17.2 Å². The van der Waals surface area contributed by atoms with Gasteiger partial charge < -0.3 is 19.8 Å². The van der Waals surface area contributed by atoms with E-state index >= 15 is 0 Å². The number of rotatable bonds is 10. The Labute approximate surface area is 165 Å². The predicted molar refractivity (Wildman–Crippen MR) is 112 cm³/mol. The highest BCUT2D eigenvalue weighted by Crippen LogP contribution is 2.33. The lowest BCUT2D eigenvalue weighted by Gasteiger charge is -2.14. The molecule has 1 aromatic heterocycles. The van der Waals surface area contributed by atoms with Gasteiger partial charge in [-0.15, -0.1) is 0 Å². The van der Waals surface area contributed by atoms with Crippen LogP contribution in [0, 0.1) is 0 Å². The van der Waals surface area contributed by atoms with Crippen LogP contribution in [0.2, 0.25) is 0 Å². The molecule has 0 spiro atoms. The SMILES string of the molecule is COc1cc(/C=C/c2cccc[n+]2CCCN(C)CCSC)c(O)cc1O. The van der Waals surface area contributed by atoms with Gasteiger partial charge in [0.1, 0.15) is 12.3 Å². The fourth-order valence-electron chi connectivity index (χ4n) is 2.76. The molecule has 0 amide bonds. The molecule has 27 heavy (non-hydrogen) atoms. The summed E-state index contributed by atoms with van der Waals surface area (Å²) in [4.78, 5) is 2.36. The highest BCUT2D eigenvalue weighted by atomic mass is 32.2. The number of phenolic OH excluding ortho intramolecular Hbond substituents is 2. The number of phenols is 2. The molecule has 0 saturated heterocycles. The summed E-state index contributed by atoms with van der Waals surface area (Å²) < 4.78 is 7.32. The minimum absolute atomic E-state index is 0.0162. The molecule has 146 valence electrons. The molecule has 0 aliphatic rings. The van der Waals surface area contributed by atoms with E-state index in [0.29, 0.717) is 11.3 Å². The first-order valence-corrected chi connectivity index (χ1v) is 10.4. The lowest BCUT2D eigenvalue weighted by Crippen LogP contribution is -2.38. The number of pyridine rings is 1. The third-order valence-corrected chi connectivity index (χ3v) is 4.94. The van der Waals surface area contributed by atoms with Gasteiger partial charge in [-0.1, -0.05) is 0 Å².